The van der Waals surface area contributed by atoms with Crippen LogP contribution in [-0.4, -0.2) is 34.2 Å². The second kappa shape index (κ2) is 7.93. The Morgan fingerprint density at radius 1 is 1.14 bits per heavy atom. The predicted octanol–water partition coefficient (Wildman–Crippen LogP) is 4.77. The molecule has 2 heterocycles. The Kier molecular flexibility index (Phi) is 5.50. The number of hydrogen-bond donors (Lipinski definition) is 0. The molecule has 1 saturated carbocycles. The van der Waals surface area contributed by atoms with Gasteiger partial charge in [0.05, 0.1) is 6.54 Å². The zero-order valence-electron chi connectivity index (χ0n) is 16.1. The molecule has 1 aliphatic heterocycles. The highest BCUT2D eigenvalue weighted by Crippen LogP contribution is 2.36. The zero-order valence-corrected chi connectivity index (χ0v) is 16.1. The van der Waals surface area contributed by atoms with Crippen LogP contribution in [0.4, 0.5) is 17.6 Å². The van der Waals surface area contributed by atoms with Crippen molar-refractivity contribution >= 4 is 0 Å². The van der Waals surface area contributed by atoms with Gasteiger partial charge in [-0.1, -0.05) is 24.4 Å². The van der Waals surface area contributed by atoms with Crippen molar-refractivity contribution in [2.24, 2.45) is 0 Å². The van der Waals surface area contributed by atoms with Crippen LogP contribution in [0.25, 0.3) is 0 Å². The second-order valence-electron chi connectivity index (χ2n) is 7.98. The van der Waals surface area contributed by atoms with Gasteiger partial charge < -0.3 is 9.26 Å². The normalized spacial score (nSPS) is 19.3. The fraction of sp³-hybridized carbons (Fsp3) is 0.600. The summed E-state index contributed by atoms with van der Waals surface area (Å²) in [6.07, 6.45) is 4.86. The molecule has 5 nitrogen and oxygen atoms in total. The lowest BCUT2D eigenvalue weighted by molar-refractivity contribution is 0.00424. The van der Waals surface area contributed by atoms with E-state index in [-0.39, 0.29) is 24.1 Å². The van der Waals surface area contributed by atoms with Crippen LogP contribution in [0.1, 0.15) is 62.2 Å². The summed E-state index contributed by atoms with van der Waals surface area (Å²) in [6.45, 7) is 1.62. The first-order chi connectivity index (χ1) is 13.8. The lowest BCUT2D eigenvalue weighted by Crippen LogP contribution is -2.53. The van der Waals surface area contributed by atoms with Gasteiger partial charge in [0.1, 0.15) is 6.10 Å². The summed E-state index contributed by atoms with van der Waals surface area (Å²) < 4.78 is 65.5. The summed E-state index contributed by atoms with van der Waals surface area (Å²) >= 11 is 0. The molecule has 0 amide bonds. The van der Waals surface area contributed by atoms with Crippen LogP contribution in [0, 0.1) is 11.6 Å². The maximum absolute atomic E-state index is 14.5. The molecule has 158 valence electrons. The summed E-state index contributed by atoms with van der Waals surface area (Å²) in [4.78, 5) is 5.47. The van der Waals surface area contributed by atoms with Crippen LogP contribution in [0.5, 0.6) is 5.75 Å². The van der Waals surface area contributed by atoms with E-state index >= 15 is 0 Å². The molecule has 0 spiro atoms. The van der Waals surface area contributed by atoms with E-state index in [1.807, 2.05) is 4.90 Å². The first-order valence-corrected chi connectivity index (χ1v) is 9.88. The molecule has 1 aromatic carbocycles. The molecule has 29 heavy (non-hydrogen) atoms. The van der Waals surface area contributed by atoms with Crippen LogP contribution in [0.2, 0.25) is 0 Å². The molecule has 9 heteroatoms. The number of rotatable bonds is 6. The summed E-state index contributed by atoms with van der Waals surface area (Å²) in [6, 6.07) is 2.77. The Morgan fingerprint density at radius 2 is 1.79 bits per heavy atom. The number of aromatic nitrogens is 2. The molecule has 4 rings (SSSR count). The monoisotopic (exact) mass is 413 g/mol. The molecule has 1 aliphatic carbocycles. The van der Waals surface area contributed by atoms with Gasteiger partial charge in [-0.25, -0.2) is 8.78 Å². The van der Waals surface area contributed by atoms with Crippen LogP contribution >= 0.6 is 0 Å². The molecular formula is C20H23F4N3O2. The molecule has 2 aliphatic rings. The van der Waals surface area contributed by atoms with Crippen molar-refractivity contribution < 1.29 is 26.8 Å². The van der Waals surface area contributed by atoms with Gasteiger partial charge in [0.2, 0.25) is 11.7 Å². The number of alkyl halides is 2. The van der Waals surface area contributed by atoms with Crippen molar-refractivity contribution in [2.75, 3.05) is 13.1 Å². The van der Waals surface area contributed by atoms with Gasteiger partial charge in [-0.2, -0.15) is 13.8 Å². The van der Waals surface area contributed by atoms with Gasteiger partial charge >= 0.3 is 5.92 Å². The average Bonchev–Trinajstić information content (AvgIpc) is 3.12. The van der Waals surface area contributed by atoms with E-state index in [0.717, 1.165) is 25.7 Å². The summed E-state index contributed by atoms with van der Waals surface area (Å²) in [7, 11) is 0. The van der Waals surface area contributed by atoms with Crippen molar-refractivity contribution in [1.29, 1.82) is 0 Å². The van der Waals surface area contributed by atoms with E-state index in [4.69, 9.17) is 9.26 Å². The van der Waals surface area contributed by atoms with Gasteiger partial charge in [0.25, 0.3) is 0 Å². The molecule has 1 aromatic heterocycles. The highest BCUT2D eigenvalue weighted by atomic mass is 19.3. The fourth-order valence-corrected chi connectivity index (χ4v) is 3.95. The minimum atomic E-state index is -3.17. The van der Waals surface area contributed by atoms with Crippen molar-refractivity contribution in [3.63, 3.8) is 0 Å². The van der Waals surface area contributed by atoms with Crippen LogP contribution < -0.4 is 4.74 Å². The number of halogens is 4. The molecule has 0 unspecified atom stereocenters. The van der Waals surface area contributed by atoms with Gasteiger partial charge in [-0.15, -0.1) is 0 Å². The Morgan fingerprint density at radius 3 is 2.38 bits per heavy atom. The van der Waals surface area contributed by atoms with E-state index in [2.05, 4.69) is 10.1 Å². The van der Waals surface area contributed by atoms with E-state index in [0.29, 0.717) is 25.6 Å². The second-order valence-corrected chi connectivity index (χ2v) is 7.98. The smallest absolute Gasteiger partial charge is 0.307 e. The first-order valence-electron chi connectivity index (χ1n) is 9.88. The summed E-state index contributed by atoms with van der Waals surface area (Å²) in [5.74, 6) is -5.29. The maximum Gasteiger partial charge on any atom is 0.307 e. The van der Waals surface area contributed by atoms with E-state index in [1.54, 1.807) is 0 Å². The minimum Gasteiger partial charge on any atom is -0.482 e. The largest absolute Gasteiger partial charge is 0.482 e. The van der Waals surface area contributed by atoms with Crippen LogP contribution in [-0.2, 0) is 12.5 Å². The van der Waals surface area contributed by atoms with E-state index < -0.39 is 29.5 Å². The van der Waals surface area contributed by atoms with Crippen molar-refractivity contribution in [2.45, 2.75) is 63.5 Å². The highest BCUT2D eigenvalue weighted by molar-refractivity contribution is 5.33. The number of ether oxygens (including phenoxy) is 1. The summed E-state index contributed by atoms with van der Waals surface area (Å²) in [5.41, 5.74) is 0.696. The van der Waals surface area contributed by atoms with Gasteiger partial charge in [-0.3, -0.25) is 4.90 Å². The van der Waals surface area contributed by atoms with Crippen molar-refractivity contribution in [1.82, 2.24) is 15.0 Å². The van der Waals surface area contributed by atoms with E-state index in [1.165, 1.54) is 18.6 Å². The lowest BCUT2D eigenvalue weighted by Gasteiger charge is -2.38. The Bertz CT molecular complexity index is 833. The molecule has 0 radical (unpaired) electrons. The highest BCUT2D eigenvalue weighted by Gasteiger charge is 2.34. The number of likely N-dealkylation sites (tertiary alicyclic amines) is 1. The third-order valence-electron chi connectivity index (χ3n) is 5.52. The van der Waals surface area contributed by atoms with Crippen molar-refractivity contribution in [3.8, 4) is 5.75 Å². The Labute approximate surface area is 166 Å². The molecule has 0 atom stereocenters. The van der Waals surface area contributed by atoms with Gasteiger partial charge in [-0.05, 0) is 36.5 Å². The van der Waals surface area contributed by atoms with Gasteiger partial charge in [0.15, 0.2) is 17.4 Å². The van der Waals surface area contributed by atoms with Crippen molar-refractivity contribution in [3.05, 3.63) is 41.0 Å². The van der Waals surface area contributed by atoms with Crippen LogP contribution in [0.15, 0.2) is 16.7 Å². The first kappa shape index (κ1) is 20.1. The third-order valence-corrected chi connectivity index (χ3v) is 5.52. The van der Waals surface area contributed by atoms with Gasteiger partial charge in [0, 0.05) is 20.0 Å². The minimum absolute atomic E-state index is 0.0640. The number of benzene rings is 1. The standard InChI is InChI=1S/C20H23F4N3O2/c1-20(23,24)19-25-17(29-26-19)11-27-9-14(10-27)28-18-15(21)7-13(8-16(18)22)12-5-3-2-4-6-12/h7-8,12,14H,2-6,9-11H2,1H3. The Hall–Kier alpha value is -2.16. The number of hydrogen-bond acceptors (Lipinski definition) is 5. The molecule has 0 N–H and O–H groups in total. The quantitative estimate of drug-likeness (QED) is 0.639. The molecule has 2 aromatic rings. The van der Waals surface area contributed by atoms with E-state index in [9.17, 15) is 17.6 Å². The number of nitrogens with zero attached hydrogens (tertiary/aromatic N) is 3. The molecule has 1 saturated heterocycles. The van der Waals surface area contributed by atoms with Crippen LogP contribution in [0.3, 0.4) is 0 Å². The average molecular weight is 413 g/mol. The summed E-state index contributed by atoms with van der Waals surface area (Å²) in [5, 5.41) is 3.26. The molecule has 0 bridgehead atoms. The molecular weight excluding hydrogens is 390 g/mol. The molecule has 2 fully saturated rings. The maximum atomic E-state index is 14.5. The third kappa shape index (κ3) is 4.55. The fourth-order valence-electron chi connectivity index (χ4n) is 3.95. The lowest BCUT2D eigenvalue weighted by atomic mass is 9.84. The predicted molar refractivity (Wildman–Crippen MR) is 95.7 cm³/mol. The topological polar surface area (TPSA) is 51.4 Å². The SMILES string of the molecule is CC(F)(F)c1noc(CN2CC(Oc3c(F)cc(C4CCCCC4)cc3F)C2)n1. The Balaban J connectivity index is 1.32. The zero-order chi connectivity index (χ0) is 20.6.